The highest BCUT2D eigenvalue weighted by molar-refractivity contribution is 5.93. The fourth-order valence-corrected chi connectivity index (χ4v) is 2.62. The molecule has 3 rings (SSSR count). The maximum absolute atomic E-state index is 13.1. The van der Waals surface area contributed by atoms with Gasteiger partial charge in [0.05, 0.1) is 5.69 Å². The summed E-state index contributed by atoms with van der Waals surface area (Å²) < 4.78 is 14.8. The average Bonchev–Trinajstić information content (AvgIpc) is 3.11. The van der Waals surface area contributed by atoms with Crippen LogP contribution in [0.3, 0.4) is 0 Å². The second-order valence-electron chi connectivity index (χ2n) is 6.05. The molecule has 0 radical (unpaired) electrons. The van der Waals surface area contributed by atoms with E-state index in [1.165, 1.54) is 12.1 Å². The van der Waals surface area contributed by atoms with Crippen molar-refractivity contribution in [2.75, 3.05) is 13.6 Å². The Morgan fingerprint density at radius 2 is 1.92 bits per heavy atom. The van der Waals surface area contributed by atoms with Crippen LogP contribution in [0.4, 0.5) is 4.39 Å². The minimum atomic E-state index is -0.259. The van der Waals surface area contributed by atoms with Crippen LogP contribution in [0.2, 0.25) is 0 Å². The van der Waals surface area contributed by atoms with Crippen LogP contribution in [0.25, 0.3) is 11.4 Å². The molecule has 5 nitrogen and oxygen atoms in total. The Morgan fingerprint density at radius 1 is 1.15 bits per heavy atom. The van der Waals surface area contributed by atoms with E-state index in [-0.39, 0.29) is 11.7 Å². The predicted molar refractivity (Wildman–Crippen MR) is 98.2 cm³/mol. The molecular weight excluding hydrogens is 331 g/mol. The Bertz CT molecular complexity index is 875. The van der Waals surface area contributed by atoms with E-state index in [9.17, 15) is 9.18 Å². The maximum Gasteiger partial charge on any atom is 0.271 e. The lowest BCUT2D eigenvalue weighted by molar-refractivity contribution is 0.0790. The number of carbonyl (C=O) groups is 1. The van der Waals surface area contributed by atoms with Gasteiger partial charge in [0, 0.05) is 26.3 Å². The summed E-state index contributed by atoms with van der Waals surface area (Å²) >= 11 is 0. The normalized spacial score (nSPS) is 10.7. The van der Waals surface area contributed by atoms with Crippen LogP contribution in [-0.2, 0) is 13.0 Å². The van der Waals surface area contributed by atoms with Gasteiger partial charge in [0.15, 0.2) is 0 Å². The van der Waals surface area contributed by atoms with Gasteiger partial charge in [-0.2, -0.15) is 5.10 Å². The Labute approximate surface area is 152 Å². The van der Waals surface area contributed by atoms with Crippen molar-refractivity contribution in [3.05, 3.63) is 71.8 Å². The molecule has 0 aliphatic rings. The quantitative estimate of drug-likeness (QED) is 0.683. The Balaban J connectivity index is 1.89. The van der Waals surface area contributed by atoms with Gasteiger partial charge >= 0.3 is 0 Å². The molecule has 0 atom stereocenters. The number of carbonyl (C=O) groups excluding carboxylic acids is 1. The lowest BCUT2D eigenvalue weighted by Gasteiger charge is -2.15. The minimum Gasteiger partial charge on any atom is -0.341 e. The van der Waals surface area contributed by atoms with Gasteiger partial charge < -0.3 is 4.90 Å². The Kier molecular flexibility index (Phi) is 5.41. The van der Waals surface area contributed by atoms with Gasteiger partial charge in [-0.05, 0) is 49.2 Å². The molecule has 0 bridgehead atoms. The number of hydrogen-bond acceptors (Lipinski definition) is 3. The lowest BCUT2D eigenvalue weighted by atomic mass is 10.1. The van der Waals surface area contributed by atoms with Gasteiger partial charge in [-0.15, -0.1) is 0 Å². The molecule has 0 fully saturated rings. The highest BCUT2D eigenvalue weighted by Crippen LogP contribution is 2.18. The second kappa shape index (κ2) is 7.91. The van der Waals surface area contributed by atoms with Crippen molar-refractivity contribution in [1.82, 2.24) is 19.7 Å². The first kappa shape index (κ1) is 17.8. The topological polar surface area (TPSA) is 51.0 Å². The first-order chi connectivity index (χ1) is 12.6. The molecule has 0 aliphatic heterocycles. The molecule has 0 unspecified atom stereocenters. The van der Waals surface area contributed by atoms with E-state index in [0.717, 1.165) is 11.3 Å². The summed E-state index contributed by atoms with van der Waals surface area (Å²) in [6.07, 6.45) is 2.35. The summed E-state index contributed by atoms with van der Waals surface area (Å²) in [7, 11) is 1.76. The van der Waals surface area contributed by atoms with Crippen LogP contribution in [0.15, 0.2) is 54.7 Å². The molecule has 1 aromatic carbocycles. The lowest BCUT2D eigenvalue weighted by Crippen LogP contribution is -2.28. The minimum absolute atomic E-state index is 0.0821. The van der Waals surface area contributed by atoms with E-state index in [1.807, 2.05) is 25.1 Å². The number of nitrogens with zero attached hydrogens (tertiary/aromatic N) is 4. The van der Waals surface area contributed by atoms with Crippen molar-refractivity contribution in [3.8, 4) is 11.4 Å². The summed E-state index contributed by atoms with van der Waals surface area (Å²) in [5, 5.41) is 4.58. The molecular formula is C20H21FN4O. The average molecular weight is 352 g/mol. The predicted octanol–water partition coefficient (Wildman–Crippen LogP) is 3.42. The molecule has 26 heavy (non-hydrogen) atoms. The van der Waals surface area contributed by atoms with Crippen LogP contribution < -0.4 is 0 Å². The SMILES string of the molecule is CCN(C)C(=O)c1cc(-c2ccccn2)nn1CCc1ccc(F)cc1. The summed E-state index contributed by atoms with van der Waals surface area (Å²) in [5.74, 6) is -0.341. The number of amides is 1. The first-order valence-corrected chi connectivity index (χ1v) is 8.57. The molecule has 134 valence electrons. The Morgan fingerprint density at radius 3 is 2.58 bits per heavy atom. The second-order valence-corrected chi connectivity index (χ2v) is 6.05. The van der Waals surface area contributed by atoms with Crippen molar-refractivity contribution in [1.29, 1.82) is 0 Å². The monoisotopic (exact) mass is 352 g/mol. The molecule has 0 N–H and O–H groups in total. The van der Waals surface area contributed by atoms with E-state index >= 15 is 0 Å². The van der Waals surface area contributed by atoms with E-state index in [1.54, 1.807) is 41.0 Å². The van der Waals surface area contributed by atoms with Gasteiger partial charge in [0.25, 0.3) is 5.91 Å². The molecule has 6 heteroatoms. The zero-order chi connectivity index (χ0) is 18.5. The molecule has 2 aromatic heterocycles. The van der Waals surface area contributed by atoms with Gasteiger partial charge in [-0.3, -0.25) is 14.5 Å². The maximum atomic E-state index is 13.1. The number of halogens is 1. The van der Waals surface area contributed by atoms with E-state index < -0.39 is 0 Å². The van der Waals surface area contributed by atoms with Gasteiger partial charge in [-0.1, -0.05) is 18.2 Å². The molecule has 0 saturated carbocycles. The third-order valence-corrected chi connectivity index (χ3v) is 4.27. The van der Waals surface area contributed by atoms with Crippen molar-refractivity contribution >= 4 is 5.91 Å². The smallest absolute Gasteiger partial charge is 0.271 e. The third-order valence-electron chi connectivity index (χ3n) is 4.27. The van der Waals surface area contributed by atoms with Crippen LogP contribution >= 0.6 is 0 Å². The Hall–Kier alpha value is -3.02. The van der Waals surface area contributed by atoms with E-state index in [2.05, 4.69) is 10.1 Å². The van der Waals surface area contributed by atoms with Gasteiger partial charge in [0.1, 0.15) is 17.2 Å². The summed E-state index contributed by atoms with van der Waals surface area (Å²) in [5.41, 5.74) is 2.90. The summed E-state index contributed by atoms with van der Waals surface area (Å²) in [4.78, 5) is 18.7. The van der Waals surface area contributed by atoms with Crippen molar-refractivity contribution in [3.63, 3.8) is 0 Å². The fourth-order valence-electron chi connectivity index (χ4n) is 2.62. The van der Waals surface area contributed by atoms with Crippen molar-refractivity contribution in [2.24, 2.45) is 0 Å². The van der Waals surface area contributed by atoms with Crippen molar-refractivity contribution < 1.29 is 9.18 Å². The van der Waals surface area contributed by atoms with Gasteiger partial charge in [0.2, 0.25) is 0 Å². The molecule has 0 spiro atoms. The number of pyridine rings is 1. The number of aromatic nitrogens is 3. The van der Waals surface area contributed by atoms with E-state index in [0.29, 0.717) is 30.9 Å². The number of hydrogen-bond donors (Lipinski definition) is 0. The largest absolute Gasteiger partial charge is 0.341 e. The zero-order valence-corrected chi connectivity index (χ0v) is 14.9. The summed E-state index contributed by atoms with van der Waals surface area (Å²) in [6, 6.07) is 13.7. The van der Waals surface area contributed by atoms with E-state index in [4.69, 9.17) is 0 Å². The van der Waals surface area contributed by atoms with Crippen LogP contribution in [-0.4, -0.2) is 39.2 Å². The third kappa shape index (κ3) is 3.96. The van der Waals surface area contributed by atoms with Gasteiger partial charge in [-0.25, -0.2) is 4.39 Å². The van der Waals surface area contributed by atoms with Crippen LogP contribution in [0.5, 0.6) is 0 Å². The number of benzene rings is 1. The molecule has 2 heterocycles. The molecule has 3 aromatic rings. The highest BCUT2D eigenvalue weighted by atomic mass is 19.1. The number of rotatable bonds is 6. The molecule has 0 aliphatic carbocycles. The summed E-state index contributed by atoms with van der Waals surface area (Å²) in [6.45, 7) is 3.06. The zero-order valence-electron chi connectivity index (χ0n) is 14.9. The first-order valence-electron chi connectivity index (χ1n) is 8.57. The molecule has 0 saturated heterocycles. The van der Waals surface area contributed by atoms with Crippen LogP contribution in [0.1, 0.15) is 23.0 Å². The highest BCUT2D eigenvalue weighted by Gasteiger charge is 2.19. The standard InChI is InChI=1S/C20H21FN4O/c1-3-24(2)20(26)19-14-18(17-6-4-5-12-22-17)23-25(19)13-11-15-7-9-16(21)10-8-15/h4-10,12,14H,3,11,13H2,1-2H3. The number of aryl methyl sites for hydroxylation is 2. The molecule has 1 amide bonds. The van der Waals surface area contributed by atoms with Crippen molar-refractivity contribution in [2.45, 2.75) is 19.9 Å². The van der Waals surface area contributed by atoms with Crippen LogP contribution in [0, 0.1) is 5.82 Å². The fraction of sp³-hybridized carbons (Fsp3) is 0.250.